The van der Waals surface area contributed by atoms with Crippen LogP contribution in [0.2, 0.25) is 0 Å². The van der Waals surface area contributed by atoms with E-state index in [4.69, 9.17) is 27.1 Å². The summed E-state index contributed by atoms with van der Waals surface area (Å²) in [6, 6.07) is 10.4. The van der Waals surface area contributed by atoms with Crippen LogP contribution in [0.5, 0.6) is 0 Å². The van der Waals surface area contributed by atoms with E-state index in [2.05, 4.69) is 10.0 Å². The summed E-state index contributed by atoms with van der Waals surface area (Å²) < 4.78 is 35.4. The van der Waals surface area contributed by atoms with Gasteiger partial charge < -0.3 is 15.2 Å². The molecule has 9 heteroatoms. The fourth-order valence-electron chi connectivity index (χ4n) is 4.39. The maximum absolute atomic E-state index is 15.4. The van der Waals surface area contributed by atoms with Gasteiger partial charge in [-0.25, -0.2) is 18.6 Å². The second-order valence-corrected chi connectivity index (χ2v) is 8.56. The molecule has 4 aromatic rings. The van der Waals surface area contributed by atoms with Gasteiger partial charge in [-0.2, -0.15) is 5.26 Å². The number of pyridine rings is 1. The molecule has 1 aliphatic rings. The van der Waals surface area contributed by atoms with Crippen molar-refractivity contribution in [3.8, 4) is 28.5 Å². The number of aryl methyl sites for hydroxylation is 1. The van der Waals surface area contributed by atoms with E-state index in [1.54, 1.807) is 25.1 Å². The average molecular weight is 470 g/mol. The number of piperidine rings is 1. The molecule has 1 fully saturated rings. The summed E-state index contributed by atoms with van der Waals surface area (Å²) in [5, 5.41) is 13.6. The van der Waals surface area contributed by atoms with E-state index >= 15 is 4.39 Å². The second kappa shape index (κ2) is 8.79. The molecule has 2 aromatic carbocycles. The van der Waals surface area contributed by atoms with Crippen LogP contribution in [0.1, 0.15) is 24.1 Å². The first kappa shape index (κ1) is 22.5. The Bertz CT molecular complexity index is 1540. The number of aromatic nitrogens is 2. The molecule has 5 rings (SSSR count). The molecule has 0 saturated carbocycles. The Hall–Kier alpha value is -4.34. The zero-order valence-electron chi connectivity index (χ0n) is 18.8. The maximum Gasteiger partial charge on any atom is 0.200 e. The molecule has 3 heterocycles. The summed E-state index contributed by atoms with van der Waals surface area (Å²) >= 11 is 0. The molecule has 0 spiro atoms. The van der Waals surface area contributed by atoms with E-state index in [0.717, 1.165) is 12.8 Å². The Labute approximate surface area is 200 Å². The zero-order chi connectivity index (χ0) is 24.7. The minimum absolute atomic E-state index is 0.0964. The van der Waals surface area contributed by atoms with Crippen LogP contribution < -0.4 is 10.6 Å². The molecule has 1 aliphatic heterocycles. The van der Waals surface area contributed by atoms with Gasteiger partial charge in [-0.3, -0.25) is 0 Å². The molecule has 1 saturated heterocycles. The lowest BCUT2D eigenvalue weighted by Gasteiger charge is -2.32. The van der Waals surface area contributed by atoms with Crippen molar-refractivity contribution < 1.29 is 13.3 Å². The van der Waals surface area contributed by atoms with E-state index in [-0.39, 0.29) is 34.1 Å². The highest BCUT2D eigenvalue weighted by Crippen LogP contribution is 2.43. The molecule has 7 nitrogen and oxygen atoms in total. The monoisotopic (exact) mass is 470 g/mol. The number of rotatable bonds is 3. The summed E-state index contributed by atoms with van der Waals surface area (Å²) in [6.45, 7) is 10.9. The van der Waals surface area contributed by atoms with Gasteiger partial charge in [0.1, 0.15) is 23.5 Å². The Morgan fingerprint density at radius 1 is 1.17 bits per heavy atom. The summed E-state index contributed by atoms with van der Waals surface area (Å²) in [7, 11) is 0. The van der Waals surface area contributed by atoms with E-state index < -0.39 is 11.6 Å². The van der Waals surface area contributed by atoms with Crippen molar-refractivity contribution in [1.29, 1.82) is 5.26 Å². The van der Waals surface area contributed by atoms with Gasteiger partial charge in [-0.1, -0.05) is 11.2 Å². The summed E-state index contributed by atoms with van der Waals surface area (Å²) in [4.78, 5) is 10.5. The Morgan fingerprint density at radius 3 is 2.63 bits per heavy atom. The molecule has 35 heavy (non-hydrogen) atoms. The highest BCUT2D eigenvalue weighted by atomic mass is 19.1. The molecule has 0 unspecified atom stereocenters. The van der Waals surface area contributed by atoms with Crippen molar-refractivity contribution in [2.24, 2.45) is 5.73 Å². The molecule has 0 bridgehead atoms. The van der Waals surface area contributed by atoms with Gasteiger partial charge in [0, 0.05) is 41.2 Å². The zero-order valence-corrected chi connectivity index (χ0v) is 18.8. The number of halogens is 2. The highest BCUT2D eigenvalue weighted by Gasteiger charge is 2.25. The molecule has 174 valence electrons. The fourth-order valence-corrected chi connectivity index (χ4v) is 4.39. The lowest BCUT2D eigenvalue weighted by molar-refractivity contribution is 0.450. The first-order valence-corrected chi connectivity index (χ1v) is 11.1. The van der Waals surface area contributed by atoms with Gasteiger partial charge in [0.2, 0.25) is 5.69 Å². The summed E-state index contributed by atoms with van der Waals surface area (Å²) in [6.07, 6.45) is 1.54. The van der Waals surface area contributed by atoms with Crippen molar-refractivity contribution >= 4 is 22.5 Å². The van der Waals surface area contributed by atoms with Gasteiger partial charge in [0.15, 0.2) is 5.58 Å². The molecular formula is C26H20F2N6O. The van der Waals surface area contributed by atoms with E-state index in [1.807, 2.05) is 4.90 Å². The minimum Gasteiger partial charge on any atom is -0.358 e. The van der Waals surface area contributed by atoms with Crippen LogP contribution in [0.25, 0.3) is 38.2 Å². The molecule has 0 aliphatic carbocycles. The van der Waals surface area contributed by atoms with Crippen molar-refractivity contribution in [1.82, 2.24) is 10.1 Å². The first-order chi connectivity index (χ1) is 16.9. The van der Waals surface area contributed by atoms with Crippen LogP contribution in [0.4, 0.5) is 20.3 Å². The normalized spacial score (nSPS) is 14.2. The number of nitriles is 1. The quantitative estimate of drug-likeness (QED) is 0.398. The lowest BCUT2D eigenvalue weighted by Crippen LogP contribution is -2.40. The largest absolute Gasteiger partial charge is 0.358 e. The highest BCUT2D eigenvalue weighted by molar-refractivity contribution is 5.95. The number of nitrogens with zero attached hydrogens (tertiary/aromatic N) is 5. The van der Waals surface area contributed by atoms with Gasteiger partial charge >= 0.3 is 0 Å². The summed E-state index contributed by atoms with van der Waals surface area (Å²) in [5.41, 5.74) is 7.87. The molecule has 0 atom stereocenters. The predicted molar refractivity (Wildman–Crippen MR) is 128 cm³/mol. The smallest absolute Gasteiger partial charge is 0.200 e. The Morgan fingerprint density at radius 2 is 1.94 bits per heavy atom. The van der Waals surface area contributed by atoms with Gasteiger partial charge in [0.05, 0.1) is 23.5 Å². The van der Waals surface area contributed by atoms with Crippen LogP contribution in [0.3, 0.4) is 0 Å². The average Bonchev–Trinajstić information content (AvgIpc) is 3.22. The Kier molecular flexibility index (Phi) is 5.64. The number of fused-ring (bicyclic) bond motifs is 1. The van der Waals surface area contributed by atoms with Crippen molar-refractivity contribution in [2.75, 3.05) is 18.0 Å². The molecular weight excluding hydrogens is 450 g/mol. The van der Waals surface area contributed by atoms with Crippen LogP contribution in [0, 0.1) is 36.5 Å². The summed E-state index contributed by atoms with van der Waals surface area (Å²) in [5.74, 6) is -0.774. The molecule has 2 N–H and O–H groups in total. The Balaban J connectivity index is 1.77. The predicted octanol–water partition coefficient (Wildman–Crippen LogP) is 5.49. The maximum atomic E-state index is 15.4. The third kappa shape index (κ3) is 3.96. The number of hydrogen-bond acceptors (Lipinski definition) is 6. The van der Waals surface area contributed by atoms with Crippen LogP contribution in [0.15, 0.2) is 40.9 Å². The van der Waals surface area contributed by atoms with E-state index in [1.165, 1.54) is 24.3 Å². The molecule has 0 radical (unpaired) electrons. The van der Waals surface area contributed by atoms with Gasteiger partial charge in [-0.15, -0.1) is 0 Å². The van der Waals surface area contributed by atoms with E-state index in [0.29, 0.717) is 41.1 Å². The number of anilines is 1. The third-order valence-corrected chi connectivity index (χ3v) is 6.34. The third-order valence-electron chi connectivity index (χ3n) is 6.34. The van der Waals surface area contributed by atoms with Crippen LogP contribution in [-0.4, -0.2) is 29.3 Å². The number of nitrogens with two attached hydrogens (primary N) is 1. The van der Waals surface area contributed by atoms with Crippen molar-refractivity contribution in [3.63, 3.8) is 0 Å². The second-order valence-electron chi connectivity index (χ2n) is 8.56. The first-order valence-electron chi connectivity index (χ1n) is 11.1. The standard InChI is InChI=1S/C26H20F2N6O/c1-14-18-10-21(28)19(11-23(18)35-33-14)25-22(31-2)12-24(34-7-5-17(30)6-8-34)32-26(25)15-3-4-16(13-29)20(27)9-15/h3-4,9-12,17H,5-8,30H2,1H3. The molecule has 0 amide bonds. The molecule has 2 aromatic heterocycles. The van der Waals surface area contributed by atoms with E-state index in [9.17, 15) is 4.39 Å². The van der Waals surface area contributed by atoms with Crippen molar-refractivity contribution in [2.45, 2.75) is 25.8 Å². The fraction of sp³-hybridized carbons (Fsp3) is 0.231. The van der Waals surface area contributed by atoms with Crippen LogP contribution in [-0.2, 0) is 0 Å². The van der Waals surface area contributed by atoms with Crippen molar-refractivity contribution in [3.05, 3.63) is 70.7 Å². The minimum atomic E-state index is -0.724. The lowest BCUT2D eigenvalue weighted by atomic mass is 9.95. The SMILES string of the molecule is [C-]#[N+]c1cc(N2CCC(N)CC2)nc(-c2ccc(C#N)c(F)c2)c1-c1cc2onc(C)c2cc1F. The topological polar surface area (TPSA) is 96.3 Å². The number of benzene rings is 2. The number of hydrogen-bond donors (Lipinski definition) is 1. The van der Waals surface area contributed by atoms with Crippen LogP contribution >= 0.6 is 0 Å². The van der Waals surface area contributed by atoms with Gasteiger partial charge in [0.25, 0.3) is 0 Å². The van der Waals surface area contributed by atoms with Gasteiger partial charge in [-0.05, 0) is 50.1 Å².